The van der Waals surface area contributed by atoms with Crippen LogP contribution in [-0.2, 0) is 11.8 Å². The quantitative estimate of drug-likeness (QED) is 0.655. The minimum atomic E-state index is -0.511. The average molecular weight is 465 g/mol. The third-order valence-electron chi connectivity index (χ3n) is 7.41. The Morgan fingerprint density at radius 2 is 1.85 bits per heavy atom. The van der Waals surface area contributed by atoms with E-state index in [9.17, 15) is 14.9 Å². The van der Waals surface area contributed by atoms with Gasteiger partial charge in [0.25, 0.3) is 5.91 Å². The van der Waals surface area contributed by atoms with Gasteiger partial charge in [0.05, 0.1) is 12.0 Å². The van der Waals surface area contributed by atoms with E-state index in [0.717, 1.165) is 69.3 Å². The van der Waals surface area contributed by atoms with Crippen LogP contribution >= 0.6 is 0 Å². The van der Waals surface area contributed by atoms with E-state index in [1.54, 1.807) is 0 Å². The Kier molecular flexibility index (Phi) is 7.86. The molecule has 8 heteroatoms. The second-order valence-corrected chi connectivity index (χ2v) is 9.74. The number of para-hydroxylation sites is 1. The van der Waals surface area contributed by atoms with Crippen LogP contribution in [0, 0.1) is 17.2 Å². The molecule has 2 N–H and O–H groups in total. The van der Waals surface area contributed by atoms with E-state index in [0.29, 0.717) is 12.1 Å². The van der Waals surface area contributed by atoms with Crippen molar-refractivity contribution < 1.29 is 9.59 Å². The SMILES string of the molecule is CN1CCN(CC[C@@H](C#N)NC(=O)[C@@H]2CCCC[C@@H]2NC(=O)c2cc3ccccc3n2C)CC1. The number of nitriles is 1. The molecule has 2 fully saturated rings. The zero-order valence-corrected chi connectivity index (χ0v) is 20.3. The van der Waals surface area contributed by atoms with Crippen LogP contribution in [0.1, 0.15) is 42.6 Å². The van der Waals surface area contributed by atoms with Gasteiger partial charge in [-0.3, -0.25) is 9.59 Å². The fourth-order valence-corrected chi connectivity index (χ4v) is 5.20. The Morgan fingerprint density at radius 3 is 2.59 bits per heavy atom. The number of likely N-dealkylation sites (N-methyl/N-ethyl adjacent to an activating group) is 1. The molecule has 8 nitrogen and oxygen atoms in total. The first-order valence-electron chi connectivity index (χ1n) is 12.4. The molecule has 34 heavy (non-hydrogen) atoms. The first-order chi connectivity index (χ1) is 16.5. The van der Waals surface area contributed by atoms with Gasteiger partial charge in [-0.1, -0.05) is 31.0 Å². The Hall–Kier alpha value is -2.89. The molecule has 0 spiro atoms. The largest absolute Gasteiger partial charge is 0.347 e. The summed E-state index contributed by atoms with van der Waals surface area (Å²) in [4.78, 5) is 30.9. The van der Waals surface area contributed by atoms with E-state index in [1.807, 2.05) is 41.9 Å². The van der Waals surface area contributed by atoms with Crippen LogP contribution in [0.5, 0.6) is 0 Å². The first kappa shape index (κ1) is 24.2. The van der Waals surface area contributed by atoms with Crippen molar-refractivity contribution in [3.05, 3.63) is 36.0 Å². The Labute approximate surface area is 201 Å². The van der Waals surface area contributed by atoms with Crippen LogP contribution in [0.3, 0.4) is 0 Å². The lowest BCUT2D eigenvalue weighted by molar-refractivity contribution is -0.127. The van der Waals surface area contributed by atoms with E-state index in [1.165, 1.54) is 0 Å². The molecule has 1 saturated carbocycles. The summed E-state index contributed by atoms with van der Waals surface area (Å²) in [6.07, 6.45) is 4.05. The molecule has 1 saturated heterocycles. The molecule has 3 atom stereocenters. The predicted octanol–water partition coefficient (Wildman–Crippen LogP) is 2.11. The van der Waals surface area contributed by atoms with Gasteiger partial charge in [-0.2, -0.15) is 5.26 Å². The van der Waals surface area contributed by atoms with Crippen molar-refractivity contribution in [3.63, 3.8) is 0 Å². The summed E-state index contributed by atoms with van der Waals surface area (Å²) >= 11 is 0. The molecule has 1 aromatic carbocycles. The lowest BCUT2D eigenvalue weighted by Crippen LogP contribution is -2.51. The summed E-state index contributed by atoms with van der Waals surface area (Å²) in [5, 5.41) is 16.8. The highest BCUT2D eigenvalue weighted by Gasteiger charge is 2.33. The molecular weight excluding hydrogens is 428 g/mol. The number of rotatable bonds is 7. The van der Waals surface area contributed by atoms with Gasteiger partial charge >= 0.3 is 0 Å². The number of benzene rings is 1. The maximum Gasteiger partial charge on any atom is 0.268 e. The number of amides is 2. The van der Waals surface area contributed by atoms with Crippen molar-refractivity contribution in [1.29, 1.82) is 5.26 Å². The van der Waals surface area contributed by atoms with Crippen LogP contribution in [0.4, 0.5) is 0 Å². The number of hydrogen-bond donors (Lipinski definition) is 2. The number of aryl methyl sites for hydroxylation is 1. The Bertz CT molecular complexity index is 1050. The third kappa shape index (κ3) is 5.60. The van der Waals surface area contributed by atoms with Gasteiger partial charge < -0.3 is 25.0 Å². The molecule has 1 aliphatic heterocycles. The Morgan fingerprint density at radius 1 is 1.12 bits per heavy atom. The predicted molar refractivity (Wildman–Crippen MR) is 132 cm³/mol. The van der Waals surface area contributed by atoms with E-state index < -0.39 is 6.04 Å². The Balaban J connectivity index is 1.35. The summed E-state index contributed by atoms with van der Waals surface area (Å²) in [5.41, 5.74) is 1.59. The topological polar surface area (TPSA) is 93.4 Å². The monoisotopic (exact) mass is 464 g/mol. The van der Waals surface area contributed by atoms with Gasteiger partial charge in [0.2, 0.25) is 5.91 Å². The number of fused-ring (bicyclic) bond motifs is 1. The molecule has 0 radical (unpaired) electrons. The third-order valence-corrected chi connectivity index (χ3v) is 7.41. The van der Waals surface area contributed by atoms with Crippen molar-refractivity contribution in [1.82, 2.24) is 25.0 Å². The smallest absolute Gasteiger partial charge is 0.268 e. The van der Waals surface area contributed by atoms with Crippen LogP contribution in [0.25, 0.3) is 10.9 Å². The number of nitrogens with one attached hydrogen (secondary N) is 2. The molecule has 4 rings (SSSR count). The van der Waals surface area contributed by atoms with Crippen LogP contribution < -0.4 is 10.6 Å². The zero-order valence-electron chi connectivity index (χ0n) is 20.3. The molecule has 182 valence electrons. The number of nitrogens with zero attached hydrogens (tertiary/aromatic N) is 4. The normalized spacial score (nSPS) is 22.7. The fourth-order valence-electron chi connectivity index (χ4n) is 5.20. The van der Waals surface area contributed by atoms with E-state index in [-0.39, 0.29) is 23.8 Å². The lowest BCUT2D eigenvalue weighted by atomic mass is 9.83. The molecule has 2 amide bonds. The summed E-state index contributed by atoms with van der Waals surface area (Å²) < 4.78 is 1.90. The van der Waals surface area contributed by atoms with Gasteiger partial charge in [-0.05, 0) is 38.4 Å². The minimum Gasteiger partial charge on any atom is -0.347 e. The lowest BCUT2D eigenvalue weighted by Gasteiger charge is -2.33. The highest BCUT2D eigenvalue weighted by molar-refractivity contribution is 5.99. The summed E-state index contributed by atoms with van der Waals surface area (Å²) in [5.74, 6) is -0.589. The van der Waals surface area contributed by atoms with Crippen LogP contribution in [0.2, 0.25) is 0 Å². The average Bonchev–Trinajstić information content (AvgIpc) is 3.19. The molecule has 0 bridgehead atoms. The maximum atomic E-state index is 13.2. The summed E-state index contributed by atoms with van der Waals surface area (Å²) in [6.45, 7) is 4.85. The van der Waals surface area contributed by atoms with Crippen molar-refractivity contribution in [3.8, 4) is 6.07 Å². The zero-order chi connectivity index (χ0) is 24.1. The van der Waals surface area contributed by atoms with Crippen molar-refractivity contribution in [2.75, 3.05) is 39.8 Å². The molecular formula is C26H36N6O2. The van der Waals surface area contributed by atoms with E-state index >= 15 is 0 Å². The van der Waals surface area contributed by atoms with Crippen molar-refractivity contribution >= 4 is 22.7 Å². The maximum absolute atomic E-state index is 13.2. The highest BCUT2D eigenvalue weighted by atomic mass is 16.2. The van der Waals surface area contributed by atoms with Gasteiger partial charge in [0.15, 0.2) is 0 Å². The summed E-state index contributed by atoms with van der Waals surface area (Å²) in [6, 6.07) is 11.3. The summed E-state index contributed by atoms with van der Waals surface area (Å²) in [7, 11) is 4.01. The minimum absolute atomic E-state index is 0.119. The van der Waals surface area contributed by atoms with Gasteiger partial charge in [-0.25, -0.2) is 0 Å². The molecule has 2 aromatic rings. The fraction of sp³-hybridized carbons (Fsp3) is 0.577. The van der Waals surface area contributed by atoms with Crippen molar-refractivity contribution in [2.45, 2.75) is 44.2 Å². The number of aromatic nitrogens is 1. The van der Waals surface area contributed by atoms with Gasteiger partial charge in [-0.15, -0.1) is 0 Å². The van der Waals surface area contributed by atoms with E-state index in [2.05, 4.69) is 33.6 Å². The highest BCUT2D eigenvalue weighted by Crippen LogP contribution is 2.26. The van der Waals surface area contributed by atoms with E-state index in [4.69, 9.17) is 0 Å². The number of piperazine rings is 1. The van der Waals surface area contributed by atoms with Crippen molar-refractivity contribution in [2.24, 2.45) is 13.0 Å². The second kappa shape index (κ2) is 11.0. The van der Waals surface area contributed by atoms with Crippen LogP contribution in [-0.4, -0.2) is 78.0 Å². The molecule has 1 aromatic heterocycles. The van der Waals surface area contributed by atoms with Gasteiger partial charge in [0, 0.05) is 56.7 Å². The number of carbonyl (C=O) groups excluding carboxylic acids is 2. The molecule has 2 heterocycles. The molecule has 0 unspecified atom stereocenters. The van der Waals surface area contributed by atoms with Gasteiger partial charge in [0.1, 0.15) is 11.7 Å². The molecule has 2 aliphatic rings. The molecule has 1 aliphatic carbocycles. The second-order valence-electron chi connectivity index (χ2n) is 9.74. The number of carbonyl (C=O) groups is 2. The number of hydrogen-bond acceptors (Lipinski definition) is 5. The standard InChI is InChI=1S/C26H36N6O2/c1-30-13-15-32(16-14-30)12-11-20(18-27)28-25(33)21-8-4-5-9-22(21)29-26(34)24-17-19-7-3-6-10-23(19)31(24)2/h3,6-7,10,17,20-22H,4-5,8-9,11-16H2,1-2H3,(H,28,33)(H,29,34)/t20-,21+,22-/m0/s1. The first-order valence-corrected chi connectivity index (χ1v) is 12.4. The van der Waals surface area contributed by atoms with Crippen LogP contribution in [0.15, 0.2) is 30.3 Å².